The number of rotatable bonds is 4. The summed E-state index contributed by atoms with van der Waals surface area (Å²) in [6, 6.07) is 33.7. The second-order valence-corrected chi connectivity index (χ2v) is 8.10. The normalized spacial score (nSPS) is 10.9. The van der Waals surface area contributed by atoms with Crippen molar-refractivity contribution in [2.45, 2.75) is 0 Å². The highest BCUT2D eigenvalue weighted by Gasteiger charge is 2.17. The molecule has 1 aromatic heterocycles. The molecule has 0 aliphatic heterocycles. The lowest BCUT2D eigenvalue weighted by Gasteiger charge is -2.08. The maximum absolute atomic E-state index is 12.9. The zero-order chi connectivity index (χ0) is 21.2. The van der Waals surface area contributed by atoms with E-state index in [4.69, 9.17) is 0 Å². The Morgan fingerprint density at radius 1 is 0.774 bits per heavy atom. The van der Waals surface area contributed by atoms with Crippen molar-refractivity contribution in [2.24, 2.45) is 0 Å². The fourth-order valence-electron chi connectivity index (χ4n) is 3.54. The van der Waals surface area contributed by atoms with E-state index in [2.05, 4.69) is 56.7 Å². The van der Waals surface area contributed by atoms with Crippen LogP contribution in [0.25, 0.3) is 27.7 Å². The van der Waals surface area contributed by atoms with E-state index in [0.29, 0.717) is 5.69 Å². The molecule has 0 saturated carbocycles. The molecule has 150 valence electrons. The summed E-state index contributed by atoms with van der Waals surface area (Å²) in [6.45, 7) is 0. The van der Waals surface area contributed by atoms with Crippen molar-refractivity contribution < 1.29 is 4.79 Å². The Balaban J connectivity index is 1.58. The molecule has 31 heavy (non-hydrogen) atoms. The summed E-state index contributed by atoms with van der Waals surface area (Å²) in [4.78, 5) is 12.9. The Morgan fingerprint density at radius 2 is 1.48 bits per heavy atom. The quantitative estimate of drug-likeness (QED) is 0.319. The van der Waals surface area contributed by atoms with Gasteiger partial charge in [0.1, 0.15) is 0 Å². The van der Waals surface area contributed by atoms with Crippen molar-refractivity contribution in [3.05, 3.63) is 113 Å². The Bertz CT molecular complexity index is 1380. The summed E-state index contributed by atoms with van der Waals surface area (Å²) in [5.41, 5.74) is 3.83. The molecule has 0 aliphatic rings. The first-order valence-electron chi connectivity index (χ1n) is 9.89. The van der Waals surface area contributed by atoms with Gasteiger partial charge in [-0.25, -0.2) is 4.68 Å². The number of hydrogen-bond donors (Lipinski definition) is 1. The minimum Gasteiger partial charge on any atom is -0.321 e. The van der Waals surface area contributed by atoms with Gasteiger partial charge in [-0.15, -0.1) is 0 Å². The zero-order valence-electron chi connectivity index (χ0n) is 16.5. The van der Waals surface area contributed by atoms with Gasteiger partial charge in [0, 0.05) is 15.7 Å². The third-order valence-corrected chi connectivity index (χ3v) is 5.62. The molecule has 0 radical (unpaired) electrons. The van der Waals surface area contributed by atoms with Gasteiger partial charge in [-0.1, -0.05) is 70.5 Å². The molecule has 1 heterocycles. The van der Waals surface area contributed by atoms with Gasteiger partial charge in [0.05, 0.1) is 11.4 Å². The van der Waals surface area contributed by atoms with Crippen LogP contribution in [-0.4, -0.2) is 15.7 Å². The number of halogens is 1. The molecular weight excluding hydrogens is 450 g/mol. The monoisotopic (exact) mass is 467 g/mol. The number of hydrogen-bond acceptors (Lipinski definition) is 2. The SMILES string of the molecule is O=C(Nc1ccc(Br)cc1)c1cc(-c2ccc3ccccc3c2)n(-c2ccccc2)n1. The highest BCUT2D eigenvalue weighted by molar-refractivity contribution is 9.10. The van der Waals surface area contributed by atoms with Crippen LogP contribution in [0.2, 0.25) is 0 Å². The van der Waals surface area contributed by atoms with E-state index in [1.54, 1.807) is 0 Å². The molecule has 4 nitrogen and oxygen atoms in total. The maximum Gasteiger partial charge on any atom is 0.276 e. The van der Waals surface area contributed by atoms with Gasteiger partial charge in [0.25, 0.3) is 5.91 Å². The molecule has 0 unspecified atom stereocenters. The zero-order valence-corrected chi connectivity index (χ0v) is 18.1. The summed E-state index contributed by atoms with van der Waals surface area (Å²) < 4.78 is 2.78. The average Bonchev–Trinajstić information content (AvgIpc) is 3.27. The van der Waals surface area contributed by atoms with Crippen LogP contribution >= 0.6 is 15.9 Å². The number of benzene rings is 4. The first-order chi connectivity index (χ1) is 15.2. The molecule has 5 heteroatoms. The molecule has 0 bridgehead atoms. The van der Waals surface area contributed by atoms with Crippen molar-refractivity contribution in [1.82, 2.24) is 9.78 Å². The first kappa shape index (κ1) is 19.3. The van der Waals surface area contributed by atoms with Crippen LogP contribution in [0.1, 0.15) is 10.5 Å². The predicted molar refractivity (Wildman–Crippen MR) is 129 cm³/mol. The Labute approximate surface area is 188 Å². The molecule has 0 saturated heterocycles. The molecule has 0 spiro atoms. The Morgan fingerprint density at radius 3 is 2.26 bits per heavy atom. The van der Waals surface area contributed by atoms with Crippen molar-refractivity contribution >= 4 is 38.3 Å². The molecule has 5 rings (SSSR count). The van der Waals surface area contributed by atoms with E-state index < -0.39 is 0 Å². The third-order valence-electron chi connectivity index (χ3n) is 5.09. The van der Waals surface area contributed by atoms with Crippen molar-refractivity contribution in [3.8, 4) is 16.9 Å². The lowest BCUT2D eigenvalue weighted by atomic mass is 10.0. The topological polar surface area (TPSA) is 46.9 Å². The van der Waals surface area contributed by atoms with Crippen LogP contribution in [-0.2, 0) is 0 Å². The molecule has 1 N–H and O–H groups in total. The van der Waals surface area contributed by atoms with Gasteiger partial charge in [-0.2, -0.15) is 5.10 Å². The number of nitrogens with zero attached hydrogens (tertiary/aromatic N) is 2. The van der Waals surface area contributed by atoms with E-state index in [-0.39, 0.29) is 5.91 Å². The van der Waals surface area contributed by atoms with E-state index in [0.717, 1.165) is 32.5 Å². The second kappa shape index (κ2) is 8.20. The van der Waals surface area contributed by atoms with Gasteiger partial charge in [-0.05, 0) is 59.3 Å². The maximum atomic E-state index is 12.9. The van der Waals surface area contributed by atoms with Crippen LogP contribution in [0.5, 0.6) is 0 Å². The lowest BCUT2D eigenvalue weighted by molar-refractivity contribution is 0.102. The number of amides is 1. The van der Waals surface area contributed by atoms with E-state index >= 15 is 0 Å². The minimum atomic E-state index is -0.251. The summed E-state index contributed by atoms with van der Waals surface area (Å²) in [5, 5.41) is 9.88. The molecule has 0 atom stereocenters. The largest absolute Gasteiger partial charge is 0.321 e. The summed E-state index contributed by atoms with van der Waals surface area (Å²) in [7, 11) is 0. The Hall–Kier alpha value is -3.70. The van der Waals surface area contributed by atoms with Crippen LogP contribution < -0.4 is 5.32 Å². The number of carbonyl (C=O) groups is 1. The molecular formula is C26H18BrN3O. The van der Waals surface area contributed by atoms with Crippen LogP contribution in [0.3, 0.4) is 0 Å². The van der Waals surface area contributed by atoms with E-state index in [1.807, 2.05) is 77.5 Å². The number of nitrogens with one attached hydrogen (secondary N) is 1. The Kier molecular flexibility index (Phi) is 5.10. The number of aromatic nitrogens is 2. The number of carbonyl (C=O) groups excluding carboxylic acids is 1. The van der Waals surface area contributed by atoms with Gasteiger partial charge in [0.2, 0.25) is 0 Å². The minimum absolute atomic E-state index is 0.251. The number of anilines is 1. The van der Waals surface area contributed by atoms with Crippen molar-refractivity contribution in [3.63, 3.8) is 0 Å². The summed E-state index contributed by atoms with van der Waals surface area (Å²) >= 11 is 3.41. The smallest absolute Gasteiger partial charge is 0.276 e. The van der Waals surface area contributed by atoms with Gasteiger partial charge >= 0.3 is 0 Å². The van der Waals surface area contributed by atoms with Crippen LogP contribution in [0.4, 0.5) is 5.69 Å². The van der Waals surface area contributed by atoms with Gasteiger partial charge in [-0.3, -0.25) is 4.79 Å². The van der Waals surface area contributed by atoms with Crippen molar-refractivity contribution in [1.29, 1.82) is 0 Å². The second-order valence-electron chi connectivity index (χ2n) is 7.19. The van der Waals surface area contributed by atoms with Gasteiger partial charge in [0.15, 0.2) is 5.69 Å². The average molecular weight is 468 g/mol. The highest BCUT2D eigenvalue weighted by Crippen LogP contribution is 2.28. The lowest BCUT2D eigenvalue weighted by Crippen LogP contribution is -2.13. The van der Waals surface area contributed by atoms with Gasteiger partial charge < -0.3 is 5.32 Å². The standard InChI is InChI=1S/C26H18BrN3O/c27-21-12-14-22(15-13-21)28-26(31)24-17-25(30(29-24)23-8-2-1-3-9-23)20-11-10-18-6-4-5-7-19(18)16-20/h1-17H,(H,28,31). The summed E-state index contributed by atoms with van der Waals surface area (Å²) in [5.74, 6) is -0.251. The predicted octanol–water partition coefficient (Wildman–Crippen LogP) is 6.71. The highest BCUT2D eigenvalue weighted by atomic mass is 79.9. The third kappa shape index (κ3) is 4.00. The number of para-hydroxylation sites is 1. The molecule has 0 aliphatic carbocycles. The molecule has 1 amide bonds. The van der Waals surface area contributed by atoms with Crippen LogP contribution in [0.15, 0.2) is 108 Å². The summed E-state index contributed by atoms with van der Waals surface area (Å²) in [6.07, 6.45) is 0. The molecule has 0 fully saturated rings. The number of fused-ring (bicyclic) bond motifs is 1. The fraction of sp³-hybridized carbons (Fsp3) is 0. The molecule has 4 aromatic carbocycles. The fourth-order valence-corrected chi connectivity index (χ4v) is 3.81. The molecule has 5 aromatic rings. The van der Waals surface area contributed by atoms with Crippen molar-refractivity contribution in [2.75, 3.05) is 5.32 Å². The first-order valence-corrected chi connectivity index (χ1v) is 10.7. The van der Waals surface area contributed by atoms with Crippen LogP contribution in [0, 0.1) is 0 Å². The van der Waals surface area contributed by atoms with E-state index in [9.17, 15) is 4.79 Å². The van der Waals surface area contributed by atoms with E-state index in [1.165, 1.54) is 5.39 Å².